The van der Waals surface area contributed by atoms with Gasteiger partial charge in [-0.25, -0.2) is 4.98 Å². The van der Waals surface area contributed by atoms with E-state index in [0.29, 0.717) is 6.54 Å². The molecule has 0 saturated heterocycles. The van der Waals surface area contributed by atoms with Crippen LogP contribution in [0, 0.1) is 6.92 Å². The van der Waals surface area contributed by atoms with E-state index in [1.54, 1.807) is 18.4 Å². The summed E-state index contributed by atoms with van der Waals surface area (Å²) < 4.78 is 1.09. The van der Waals surface area contributed by atoms with E-state index >= 15 is 0 Å². The topological polar surface area (TPSA) is 49.3 Å². The summed E-state index contributed by atoms with van der Waals surface area (Å²) in [5.41, 5.74) is 1.20. The summed E-state index contributed by atoms with van der Waals surface area (Å²) in [6.45, 7) is 4.85. The minimum Gasteiger partial charge on any atom is -0.350 e. The highest BCUT2D eigenvalue weighted by Gasteiger charge is 2.10. The molecule has 7 heteroatoms. The molecule has 0 aliphatic rings. The second-order valence-corrected chi connectivity index (χ2v) is 6.85. The molecule has 0 bridgehead atoms. The van der Waals surface area contributed by atoms with E-state index in [1.807, 2.05) is 24.4 Å². The molecule has 1 atom stereocenters. The zero-order chi connectivity index (χ0) is 15.2. The lowest BCUT2D eigenvalue weighted by atomic mass is 10.1. The summed E-state index contributed by atoms with van der Waals surface area (Å²) in [5.74, 6) is 0.770. The number of aromatic nitrogens is 1. The van der Waals surface area contributed by atoms with Crippen LogP contribution in [-0.4, -0.2) is 18.0 Å². The number of hydrogen-bond donors (Lipinski definition) is 2. The summed E-state index contributed by atoms with van der Waals surface area (Å²) in [6.07, 6.45) is 1.89. The fourth-order valence-corrected chi connectivity index (χ4v) is 3.30. The van der Waals surface area contributed by atoms with Crippen LogP contribution in [-0.2, 0) is 6.54 Å². The molecule has 0 aliphatic heterocycles. The molecule has 1 aromatic heterocycles. The minimum absolute atomic E-state index is 0. The maximum absolute atomic E-state index is 4.34. The number of nitrogens with one attached hydrogen (secondary N) is 2. The van der Waals surface area contributed by atoms with Crippen LogP contribution in [0.25, 0.3) is 0 Å². The quantitative estimate of drug-likeness (QED) is 0.379. The molecule has 0 radical (unpaired) electrons. The number of rotatable bonds is 4. The third-order valence-corrected chi connectivity index (χ3v) is 4.66. The fraction of sp³-hybridized carbons (Fsp3) is 0.333. The molecule has 1 heterocycles. The number of hydrogen-bond acceptors (Lipinski definition) is 3. The van der Waals surface area contributed by atoms with E-state index in [0.717, 1.165) is 15.4 Å². The minimum atomic E-state index is 0. The Labute approximate surface area is 161 Å². The molecule has 0 spiro atoms. The van der Waals surface area contributed by atoms with Crippen LogP contribution in [0.2, 0.25) is 0 Å². The number of aliphatic imine (C=N–C) groups is 1. The van der Waals surface area contributed by atoms with Gasteiger partial charge in [0, 0.05) is 22.6 Å². The summed E-state index contributed by atoms with van der Waals surface area (Å²) in [6, 6.07) is 8.34. The zero-order valence-corrected chi connectivity index (χ0v) is 17.5. The van der Waals surface area contributed by atoms with Gasteiger partial charge >= 0.3 is 0 Å². The Kier molecular flexibility index (Phi) is 8.34. The Hall–Kier alpha value is -0.670. The Balaban J connectivity index is 0.00000242. The largest absolute Gasteiger partial charge is 0.350 e. The highest BCUT2D eigenvalue weighted by molar-refractivity contribution is 14.0. The number of nitrogens with zero attached hydrogens (tertiary/aromatic N) is 2. The average molecular weight is 495 g/mol. The van der Waals surface area contributed by atoms with Crippen molar-refractivity contribution in [3.05, 3.63) is 50.4 Å². The molecule has 1 unspecified atom stereocenters. The third-order valence-electron chi connectivity index (χ3n) is 3.02. The van der Waals surface area contributed by atoms with Crippen molar-refractivity contribution in [3.63, 3.8) is 0 Å². The first-order valence-electron chi connectivity index (χ1n) is 6.73. The van der Waals surface area contributed by atoms with Gasteiger partial charge in [-0.1, -0.05) is 34.1 Å². The van der Waals surface area contributed by atoms with E-state index in [-0.39, 0.29) is 30.0 Å². The predicted molar refractivity (Wildman–Crippen MR) is 108 cm³/mol. The molecule has 0 aliphatic carbocycles. The molecule has 1 aromatic carbocycles. The molecule has 4 nitrogen and oxygen atoms in total. The van der Waals surface area contributed by atoms with Crippen molar-refractivity contribution < 1.29 is 0 Å². The number of benzene rings is 1. The monoisotopic (exact) mass is 494 g/mol. The van der Waals surface area contributed by atoms with Crippen molar-refractivity contribution in [3.8, 4) is 0 Å². The Morgan fingerprint density at radius 2 is 2.14 bits per heavy atom. The van der Waals surface area contributed by atoms with Crippen molar-refractivity contribution >= 4 is 57.2 Å². The Bertz CT molecular complexity index is 630. The molecule has 0 saturated carbocycles. The Morgan fingerprint density at radius 1 is 1.41 bits per heavy atom. The molecule has 2 aromatic rings. The molecular weight excluding hydrogens is 475 g/mol. The van der Waals surface area contributed by atoms with Crippen LogP contribution in [0.4, 0.5) is 0 Å². The Morgan fingerprint density at radius 3 is 2.73 bits per heavy atom. The van der Waals surface area contributed by atoms with Crippen LogP contribution >= 0.6 is 51.2 Å². The fourth-order valence-electron chi connectivity index (χ4n) is 1.95. The zero-order valence-electron chi connectivity index (χ0n) is 12.8. The van der Waals surface area contributed by atoms with Crippen molar-refractivity contribution in [2.24, 2.45) is 4.99 Å². The summed E-state index contributed by atoms with van der Waals surface area (Å²) >= 11 is 5.27. The van der Waals surface area contributed by atoms with Crippen molar-refractivity contribution in [2.75, 3.05) is 7.05 Å². The molecule has 0 amide bonds. The van der Waals surface area contributed by atoms with E-state index < -0.39 is 0 Å². The SMILES string of the molecule is CN=C(NCc1ncc(C)s1)NC(C)c1ccccc1Br.I. The van der Waals surface area contributed by atoms with Crippen LogP contribution in [0.1, 0.15) is 28.4 Å². The first kappa shape index (κ1) is 19.4. The number of halogens is 2. The number of guanidine groups is 1. The third kappa shape index (κ3) is 5.51. The van der Waals surface area contributed by atoms with Gasteiger partial charge in [0.1, 0.15) is 5.01 Å². The summed E-state index contributed by atoms with van der Waals surface area (Å²) in [7, 11) is 1.77. The standard InChI is InChI=1S/C15H19BrN4S.HI/c1-10-8-18-14(21-10)9-19-15(17-3)20-11(2)12-6-4-5-7-13(12)16;/h4-8,11H,9H2,1-3H3,(H2,17,19,20);1H. The molecule has 22 heavy (non-hydrogen) atoms. The first-order valence-corrected chi connectivity index (χ1v) is 8.34. The van der Waals surface area contributed by atoms with E-state index in [2.05, 4.69) is 56.5 Å². The van der Waals surface area contributed by atoms with E-state index in [9.17, 15) is 0 Å². The predicted octanol–water partition coefficient (Wildman–Crippen LogP) is 4.26. The number of thiazole rings is 1. The second kappa shape index (κ2) is 9.46. The molecule has 120 valence electrons. The van der Waals surface area contributed by atoms with Gasteiger partial charge < -0.3 is 10.6 Å². The smallest absolute Gasteiger partial charge is 0.191 e. The lowest BCUT2D eigenvalue weighted by Crippen LogP contribution is -2.38. The maximum Gasteiger partial charge on any atom is 0.191 e. The van der Waals surface area contributed by atoms with Crippen LogP contribution in [0.15, 0.2) is 39.9 Å². The summed E-state index contributed by atoms with van der Waals surface area (Å²) in [4.78, 5) is 9.82. The van der Waals surface area contributed by atoms with Crippen molar-refractivity contribution in [2.45, 2.75) is 26.4 Å². The highest BCUT2D eigenvalue weighted by atomic mass is 127. The van der Waals surface area contributed by atoms with Gasteiger partial charge in [0.15, 0.2) is 5.96 Å². The second-order valence-electron chi connectivity index (χ2n) is 4.68. The van der Waals surface area contributed by atoms with Gasteiger partial charge in [-0.2, -0.15) is 0 Å². The van der Waals surface area contributed by atoms with Gasteiger partial charge in [-0.3, -0.25) is 4.99 Å². The van der Waals surface area contributed by atoms with Gasteiger partial charge in [-0.05, 0) is 25.5 Å². The van der Waals surface area contributed by atoms with Crippen molar-refractivity contribution in [1.82, 2.24) is 15.6 Å². The molecule has 0 fully saturated rings. The molecule has 2 N–H and O–H groups in total. The maximum atomic E-state index is 4.34. The van der Waals surface area contributed by atoms with Crippen molar-refractivity contribution in [1.29, 1.82) is 0 Å². The summed E-state index contributed by atoms with van der Waals surface area (Å²) in [5, 5.41) is 7.74. The number of aryl methyl sites for hydroxylation is 1. The average Bonchev–Trinajstić information content (AvgIpc) is 2.89. The van der Waals surface area contributed by atoms with Crippen LogP contribution < -0.4 is 10.6 Å². The van der Waals surface area contributed by atoms with Gasteiger partial charge in [0.2, 0.25) is 0 Å². The van der Waals surface area contributed by atoms with Crippen LogP contribution in [0.5, 0.6) is 0 Å². The van der Waals surface area contributed by atoms with Crippen LogP contribution in [0.3, 0.4) is 0 Å². The molecule has 2 rings (SSSR count). The lowest BCUT2D eigenvalue weighted by molar-refractivity contribution is 0.682. The van der Waals surface area contributed by atoms with Gasteiger partial charge in [0.25, 0.3) is 0 Å². The molecular formula is C15H20BrIN4S. The lowest BCUT2D eigenvalue weighted by Gasteiger charge is -2.19. The van der Waals surface area contributed by atoms with Gasteiger partial charge in [-0.15, -0.1) is 35.3 Å². The first-order chi connectivity index (χ1) is 10.1. The highest BCUT2D eigenvalue weighted by Crippen LogP contribution is 2.22. The van der Waals surface area contributed by atoms with E-state index in [4.69, 9.17) is 0 Å². The van der Waals surface area contributed by atoms with E-state index in [1.165, 1.54) is 10.4 Å². The van der Waals surface area contributed by atoms with Gasteiger partial charge in [0.05, 0.1) is 12.6 Å². The normalized spacial score (nSPS) is 12.5.